The van der Waals surface area contributed by atoms with Crippen molar-refractivity contribution >= 4 is 38.5 Å². The second-order valence-corrected chi connectivity index (χ2v) is 3.72. The summed E-state index contributed by atoms with van der Waals surface area (Å²) in [6.45, 7) is 0. The van der Waals surface area contributed by atoms with Crippen molar-refractivity contribution in [3.63, 3.8) is 0 Å². The molecule has 0 saturated heterocycles. The summed E-state index contributed by atoms with van der Waals surface area (Å²) in [6.07, 6.45) is -2.50. The van der Waals surface area contributed by atoms with Crippen molar-refractivity contribution in [3.8, 4) is 0 Å². The SMILES string of the molecule is FC(F)c1ccc(I)c(Br)n1. The van der Waals surface area contributed by atoms with Crippen molar-refractivity contribution in [1.82, 2.24) is 4.98 Å². The van der Waals surface area contributed by atoms with Crippen LogP contribution in [-0.2, 0) is 0 Å². The third-order valence-electron chi connectivity index (χ3n) is 1.05. The molecule has 1 aromatic rings. The first-order valence-electron chi connectivity index (χ1n) is 2.71. The van der Waals surface area contributed by atoms with Gasteiger partial charge in [0.05, 0.1) is 0 Å². The molecule has 1 heterocycles. The maximum atomic E-state index is 12.0. The van der Waals surface area contributed by atoms with Crippen molar-refractivity contribution in [1.29, 1.82) is 0 Å². The van der Waals surface area contributed by atoms with E-state index in [-0.39, 0.29) is 5.69 Å². The molecule has 0 N–H and O–H groups in total. The monoisotopic (exact) mass is 333 g/mol. The van der Waals surface area contributed by atoms with Gasteiger partial charge in [-0.05, 0) is 50.7 Å². The molecule has 0 fully saturated rings. The van der Waals surface area contributed by atoms with Gasteiger partial charge in [-0.25, -0.2) is 13.8 Å². The number of alkyl halides is 2. The minimum Gasteiger partial charge on any atom is -0.239 e. The van der Waals surface area contributed by atoms with Crippen LogP contribution >= 0.6 is 38.5 Å². The fraction of sp³-hybridized carbons (Fsp3) is 0.167. The Bertz CT molecular complexity index is 267. The molecule has 1 rings (SSSR count). The summed E-state index contributed by atoms with van der Waals surface area (Å²) >= 11 is 5.07. The number of hydrogen-bond donors (Lipinski definition) is 0. The predicted octanol–water partition coefficient (Wildman–Crippen LogP) is 3.39. The normalized spacial score (nSPS) is 10.6. The summed E-state index contributed by atoms with van der Waals surface area (Å²) in [7, 11) is 0. The molecule has 11 heavy (non-hydrogen) atoms. The molecule has 0 aliphatic carbocycles. The van der Waals surface area contributed by atoms with Gasteiger partial charge in [0.2, 0.25) is 0 Å². The lowest BCUT2D eigenvalue weighted by atomic mass is 10.4. The van der Waals surface area contributed by atoms with Gasteiger partial charge in [-0.3, -0.25) is 0 Å². The molecule has 0 unspecified atom stereocenters. The summed E-state index contributed by atoms with van der Waals surface area (Å²) in [5, 5.41) is 0. The Balaban J connectivity index is 3.05. The molecule has 0 aromatic carbocycles. The highest BCUT2D eigenvalue weighted by molar-refractivity contribution is 14.1. The van der Waals surface area contributed by atoms with Gasteiger partial charge in [0.25, 0.3) is 6.43 Å². The van der Waals surface area contributed by atoms with Gasteiger partial charge in [0.15, 0.2) is 0 Å². The fourth-order valence-corrected chi connectivity index (χ4v) is 1.19. The van der Waals surface area contributed by atoms with Crippen molar-refractivity contribution in [2.75, 3.05) is 0 Å². The molecule has 1 aromatic heterocycles. The molecular formula is C6H3BrF2IN. The predicted molar refractivity (Wildman–Crippen MR) is 49.6 cm³/mol. The van der Waals surface area contributed by atoms with Gasteiger partial charge in [-0.15, -0.1) is 0 Å². The van der Waals surface area contributed by atoms with Crippen LogP contribution in [-0.4, -0.2) is 4.98 Å². The first-order chi connectivity index (χ1) is 5.11. The lowest BCUT2D eigenvalue weighted by Crippen LogP contribution is -1.91. The van der Waals surface area contributed by atoms with Gasteiger partial charge in [0, 0.05) is 3.57 Å². The zero-order valence-corrected chi connectivity index (χ0v) is 8.93. The van der Waals surface area contributed by atoms with E-state index in [1.807, 2.05) is 22.6 Å². The highest BCUT2D eigenvalue weighted by Gasteiger charge is 2.09. The zero-order valence-electron chi connectivity index (χ0n) is 5.19. The van der Waals surface area contributed by atoms with Gasteiger partial charge < -0.3 is 0 Å². The summed E-state index contributed by atoms with van der Waals surface area (Å²) in [5.41, 5.74) is -0.197. The maximum absolute atomic E-state index is 12.0. The number of aromatic nitrogens is 1. The summed E-state index contributed by atoms with van der Waals surface area (Å²) < 4.78 is 25.3. The van der Waals surface area contributed by atoms with Crippen LogP contribution in [0.2, 0.25) is 0 Å². The zero-order chi connectivity index (χ0) is 8.43. The number of nitrogens with zero attached hydrogens (tertiary/aromatic N) is 1. The average molecular weight is 334 g/mol. The highest BCUT2D eigenvalue weighted by Crippen LogP contribution is 2.22. The van der Waals surface area contributed by atoms with Crippen LogP contribution in [0.25, 0.3) is 0 Å². The molecule has 0 spiro atoms. The average Bonchev–Trinajstić information content (AvgIpc) is 1.94. The minimum atomic E-state index is -2.50. The number of hydrogen-bond acceptors (Lipinski definition) is 1. The van der Waals surface area contributed by atoms with Crippen molar-refractivity contribution in [2.45, 2.75) is 6.43 Å². The second-order valence-electron chi connectivity index (χ2n) is 1.81. The molecule has 0 radical (unpaired) electrons. The van der Waals surface area contributed by atoms with E-state index in [0.717, 1.165) is 3.57 Å². The first kappa shape index (κ1) is 9.31. The summed E-state index contributed by atoms with van der Waals surface area (Å²) in [6, 6.07) is 2.91. The second kappa shape index (κ2) is 3.75. The summed E-state index contributed by atoms with van der Waals surface area (Å²) in [5.74, 6) is 0. The van der Waals surface area contributed by atoms with Gasteiger partial charge >= 0.3 is 0 Å². The van der Waals surface area contributed by atoms with Gasteiger partial charge in [0.1, 0.15) is 10.3 Å². The third kappa shape index (κ3) is 2.33. The topological polar surface area (TPSA) is 12.9 Å². The molecule has 0 atom stereocenters. The standard InChI is InChI=1S/C6H3BrF2IN/c7-5-3(10)1-2-4(11-5)6(8)9/h1-2,6H. The smallest absolute Gasteiger partial charge is 0.239 e. The van der Waals surface area contributed by atoms with E-state index in [2.05, 4.69) is 20.9 Å². The van der Waals surface area contributed by atoms with E-state index in [1.54, 1.807) is 6.07 Å². The van der Waals surface area contributed by atoms with E-state index < -0.39 is 6.43 Å². The minimum absolute atomic E-state index is 0.197. The van der Waals surface area contributed by atoms with Crippen LogP contribution in [0.4, 0.5) is 8.78 Å². The Hall–Kier alpha value is 0.220. The summed E-state index contributed by atoms with van der Waals surface area (Å²) in [4.78, 5) is 3.63. The molecule has 0 aliphatic heterocycles. The van der Waals surface area contributed by atoms with E-state index in [1.165, 1.54) is 6.07 Å². The molecule has 0 amide bonds. The van der Waals surface area contributed by atoms with Crippen molar-refractivity contribution < 1.29 is 8.78 Å². The Morgan fingerprint density at radius 1 is 1.45 bits per heavy atom. The van der Waals surface area contributed by atoms with E-state index in [9.17, 15) is 8.78 Å². The lowest BCUT2D eigenvalue weighted by Gasteiger charge is -1.99. The van der Waals surface area contributed by atoms with Crippen LogP contribution in [0.1, 0.15) is 12.1 Å². The largest absolute Gasteiger partial charge is 0.280 e. The van der Waals surface area contributed by atoms with Crippen LogP contribution < -0.4 is 0 Å². The fourth-order valence-electron chi connectivity index (χ4n) is 0.553. The van der Waals surface area contributed by atoms with Crippen LogP contribution in [0.15, 0.2) is 16.7 Å². The Morgan fingerprint density at radius 3 is 2.55 bits per heavy atom. The molecule has 0 bridgehead atoms. The Morgan fingerprint density at radius 2 is 2.09 bits per heavy atom. The molecule has 1 nitrogen and oxygen atoms in total. The van der Waals surface area contributed by atoms with Crippen LogP contribution in [0, 0.1) is 3.57 Å². The van der Waals surface area contributed by atoms with Crippen LogP contribution in [0.5, 0.6) is 0 Å². The van der Waals surface area contributed by atoms with Crippen molar-refractivity contribution in [3.05, 3.63) is 26.0 Å². The number of halogens is 4. The van der Waals surface area contributed by atoms with Crippen LogP contribution in [0.3, 0.4) is 0 Å². The van der Waals surface area contributed by atoms with Gasteiger partial charge in [-0.2, -0.15) is 0 Å². The van der Waals surface area contributed by atoms with Crippen molar-refractivity contribution in [2.24, 2.45) is 0 Å². The Kier molecular flexibility index (Phi) is 3.17. The first-order valence-corrected chi connectivity index (χ1v) is 4.58. The molecule has 0 saturated carbocycles. The molecular weight excluding hydrogens is 331 g/mol. The third-order valence-corrected chi connectivity index (χ3v) is 3.26. The van der Waals surface area contributed by atoms with Gasteiger partial charge in [-0.1, -0.05) is 0 Å². The highest BCUT2D eigenvalue weighted by atomic mass is 127. The number of pyridine rings is 1. The van der Waals surface area contributed by atoms with E-state index >= 15 is 0 Å². The molecule has 60 valence electrons. The molecule has 5 heteroatoms. The lowest BCUT2D eigenvalue weighted by molar-refractivity contribution is 0.146. The number of rotatable bonds is 1. The van der Waals surface area contributed by atoms with E-state index in [0.29, 0.717) is 4.60 Å². The quantitative estimate of drug-likeness (QED) is 0.567. The van der Waals surface area contributed by atoms with E-state index in [4.69, 9.17) is 0 Å². The Labute approximate surface area is 84.5 Å². The molecule has 0 aliphatic rings. The maximum Gasteiger partial charge on any atom is 0.280 e.